The molecule has 1 N–H and O–H groups in total. The molecule has 24 heavy (non-hydrogen) atoms. The molecule has 0 aliphatic rings. The number of hydrogen-bond acceptors (Lipinski definition) is 3. The van der Waals surface area contributed by atoms with E-state index in [1.54, 1.807) is 24.3 Å². The van der Waals surface area contributed by atoms with Gasteiger partial charge in [-0.25, -0.2) is 12.8 Å². The van der Waals surface area contributed by atoms with Crippen LogP contribution in [0.25, 0.3) is 0 Å². The first kappa shape index (κ1) is 18.4. The Hall–Kier alpha value is -1.93. The number of anilines is 2. The number of halogens is 2. The Morgan fingerprint density at radius 2 is 1.83 bits per heavy atom. The minimum Gasteiger partial charge on any atom is -0.324 e. The fraction of sp³-hybridized carbons (Fsp3) is 0.188. The molecule has 0 unspecified atom stereocenters. The minimum absolute atomic E-state index is 0.218. The van der Waals surface area contributed by atoms with Crippen molar-refractivity contribution in [2.45, 2.75) is 13.0 Å². The van der Waals surface area contributed by atoms with Gasteiger partial charge in [0.2, 0.25) is 15.9 Å². The van der Waals surface area contributed by atoms with Gasteiger partial charge in [0.05, 0.1) is 11.9 Å². The third-order valence-electron chi connectivity index (χ3n) is 3.26. The summed E-state index contributed by atoms with van der Waals surface area (Å²) in [6, 6.07) is 10.9. The van der Waals surface area contributed by atoms with E-state index in [-0.39, 0.29) is 5.69 Å². The number of rotatable bonds is 5. The predicted octanol–water partition coefficient (Wildman–Crippen LogP) is 3.38. The number of hydrogen-bond donors (Lipinski definition) is 1. The molecule has 5 nitrogen and oxygen atoms in total. The Morgan fingerprint density at radius 3 is 2.38 bits per heavy atom. The SMILES string of the molecule is C[C@H](C(=O)Nc1cccc(Br)c1)N(c1ccc(F)cc1)S(C)(=O)=O. The zero-order chi connectivity index (χ0) is 17.9. The minimum atomic E-state index is -3.73. The van der Waals surface area contributed by atoms with Crippen molar-refractivity contribution in [2.24, 2.45) is 0 Å². The van der Waals surface area contributed by atoms with Crippen LogP contribution in [-0.4, -0.2) is 26.6 Å². The second-order valence-electron chi connectivity index (χ2n) is 5.21. The molecule has 0 aromatic heterocycles. The summed E-state index contributed by atoms with van der Waals surface area (Å²) in [6.07, 6.45) is 0.999. The van der Waals surface area contributed by atoms with Gasteiger partial charge in [-0.15, -0.1) is 0 Å². The van der Waals surface area contributed by atoms with E-state index in [2.05, 4.69) is 21.2 Å². The Morgan fingerprint density at radius 1 is 1.21 bits per heavy atom. The molecular weight excluding hydrogens is 399 g/mol. The van der Waals surface area contributed by atoms with Gasteiger partial charge in [0.1, 0.15) is 11.9 Å². The first-order chi connectivity index (χ1) is 11.2. The highest BCUT2D eigenvalue weighted by Crippen LogP contribution is 2.22. The van der Waals surface area contributed by atoms with Crippen LogP contribution in [0.1, 0.15) is 6.92 Å². The van der Waals surface area contributed by atoms with Crippen molar-refractivity contribution in [1.29, 1.82) is 0 Å². The second kappa shape index (κ2) is 7.31. The summed E-state index contributed by atoms with van der Waals surface area (Å²) < 4.78 is 39.0. The summed E-state index contributed by atoms with van der Waals surface area (Å²) in [5.41, 5.74) is 0.754. The number of nitrogens with one attached hydrogen (secondary N) is 1. The highest BCUT2D eigenvalue weighted by atomic mass is 79.9. The van der Waals surface area contributed by atoms with Gasteiger partial charge < -0.3 is 5.32 Å². The molecule has 0 bridgehead atoms. The van der Waals surface area contributed by atoms with E-state index in [0.717, 1.165) is 27.2 Å². The van der Waals surface area contributed by atoms with Crippen LogP contribution in [0.2, 0.25) is 0 Å². The number of amides is 1. The highest BCUT2D eigenvalue weighted by molar-refractivity contribution is 9.10. The molecular formula is C16H16BrFN2O3S. The topological polar surface area (TPSA) is 66.5 Å². The van der Waals surface area contributed by atoms with Crippen molar-refractivity contribution in [1.82, 2.24) is 0 Å². The van der Waals surface area contributed by atoms with Crippen LogP contribution in [0.3, 0.4) is 0 Å². The van der Waals surface area contributed by atoms with Gasteiger partial charge in [0, 0.05) is 10.2 Å². The van der Waals surface area contributed by atoms with Crippen LogP contribution in [0, 0.1) is 5.82 Å². The third-order valence-corrected chi connectivity index (χ3v) is 5.00. The van der Waals surface area contributed by atoms with Gasteiger partial charge in [-0.3, -0.25) is 9.10 Å². The molecule has 128 valence electrons. The van der Waals surface area contributed by atoms with Gasteiger partial charge in [-0.1, -0.05) is 22.0 Å². The summed E-state index contributed by atoms with van der Waals surface area (Å²) in [5.74, 6) is -0.985. The molecule has 1 atom stereocenters. The maximum atomic E-state index is 13.1. The summed E-state index contributed by atoms with van der Waals surface area (Å²) in [5, 5.41) is 2.67. The lowest BCUT2D eigenvalue weighted by atomic mass is 10.2. The predicted molar refractivity (Wildman–Crippen MR) is 96.0 cm³/mol. The zero-order valence-corrected chi connectivity index (χ0v) is 15.4. The van der Waals surface area contributed by atoms with Crippen molar-refractivity contribution in [3.05, 3.63) is 58.8 Å². The Bertz CT molecular complexity index is 841. The van der Waals surface area contributed by atoms with E-state index in [9.17, 15) is 17.6 Å². The molecule has 8 heteroatoms. The smallest absolute Gasteiger partial charge is 0.247 e. The molecule has 0 saturated carbocycles. The Labute approximate surface area is 148 Å². The molecule has 0 spiro atoms. The molecule has 0 saturated heterocycles. The van der Waals surface area contributed by atoms with Crippen LogP contribution in [0.15, 0.2) is 53.0 Å². The van der Waals surface area contributed by atoms with Crippen LogP contribution in [0.4, 0.5) is 15.8 Å². The highest BCUT2D eigenvalue weighted by Gasteiger charge is 2.29. The summed E-state index contributed by atoms with van der Waals surface area (Å²) >= 11 is 3.30. The van der Waals surface area contributed by atoms with Gasteiger partial charge >= 0.3 is 0 Å². The quantitative estimate of drug-likeness (QED) is 0.815. The lowest BCUT2D eigenvalue weighted by molar-refractivity contribution is -0.116. The first-order valence-corrected chi connectivity index (χ1v) is 9.64. The van der Waals surface area contributed by atoms with Crippen LogP contribution in [0.5, 0.6) is 0 Å². The van der Waals surface area contributed by atoms with E-state index in [1.165, 1.54) is 19.1 Å². The molecule has 0 radical (unpaired) electrons. The molecule has 2 aromatic carbocycles. The number of sulfonamides is 1. The lowest BCUT2D eigenvalue weighted by Gasteiger charge is -2.28. The summed E-state index contributed by atoms with van der Waals surface area (Å²) in [6.45, 7) is 1.47. The molecule has 0 aliphatic heterocycles. The van der Waals surface area contributed by atoms with Crippen molar-refractivity contribution in [2.75, 3.05) is 15.9 Å². The normalized spacial score (nSPS) is 12.5. The number of nitrogens with zero attached hydrogens (tertiary/aromatic N) is 1. The van der Waals surface area contributed by atoms with Crippen molar-refractivity contribution < 1.29 is 17.6 Å². The van der Waals surface area contributed by atoms with E-state index in [1.807, 2.05) is 0 Å². The van der Waals surface area contributed by atoms with Crippen LogP contribution in [-0.2, 0) is 14.8 Å². The molecule has 2 rings (SSSR count). The van der Waals surface area contributed by atoms with E-state index < -0.39 is 27.8 Å². The van der Waals surface area contributed by atoms with Crippen molar-refractivity contribution in [3.63, 3.8) is 0 Å². The Kier molecular flexibility index (Phi) is 5.61. The summed E-state index contributed by atoms with van der Waals surface area (Å²) in [7, 11) is -3.73. The fourth-order valence-electron chi connectivity index (χ4n) is 2.21. The summed E-state index contributed by atoms with van der Waals surface area (Å²) in [4.78, 5) is 12.4. The maximum absolute atomic E-state index is 13.1. The number of benzene rings is 2. The molecule has 0 heterocycles. The number of carbonyl (C=O) groups excluding carboxylic acids is 1. The van der Waals surface area contributed by atoms with Gasteiger partial charge in [-0.05, 0) is 49.4 Å². The van der Waals surface area contributed by atoms with Crippen LogP contribution >= 0.6 is 15.9 Å². The Balaban J connectivity index is 2.29. The van der Waals surface area contributed by atoms with E-state index in [0.29, 0.717) is 5.69 Å². The molecule has 0 fully saturated rings. The van der Waals surface area contributed by atoms with E-state index >= 15 is 0 Å². The van der Waals surface area contributed by atoms with Crippen LogP contribution < -0.4 is 9.62 Å². The van der Waals surface area contributed by atoms with Gasteiger partial charge in [0.25, 0.3) is 0 Å². The zero-order valence-electron chi connectivity index (χ0n) is 13.0. The number of carbonyl (C=O) groups is 1. The maximum Gasteiger partial charge on any atom is 0.247 e. The van der Waals surface area contributed by atoms with Crippen molar-refractivity contribution >= 4 is 43.2 Å². The van der Waals surface area contributed by atoms with Crippen molar-refractivity contribution in [3.8, 4) is 0 Å². The molecule has 1 amide bonds. The monoisotopic (exact) mass is 414 g/mol. The first-order valence-electron chi connectivity index (χ1n) is 7.00. The fourth-order valence-corrected chi connectivity index (χ4v) is 3.78. The second-order valence-corrected chi connectivity index (χ2v) is 7.99. The van der Waals surface area contributed by atoms with Gasteiger partial charge in [0.15, 0.2) is 0 Å². The largest absolute Gasteiger partial charge is 0.324 e. The standard InChI is InChI=1S/C16H16BrFN2O3S/c1-11(16(21)19-14-5-3-4-12(17)10-14)20(24(2,22)23)15-8-6-13(18)7-9-15/h3-11H,1-2H3,(H,19,21)/t11-/m1/s1. The molecule has 0 aliphatic carbocycles. The lowest BCUT2D eigenvalue weighted by Crippen LogP contribution is -2.45. The third kappa shape index (κ3) is 4.55. The molecule has 2 aromatic rings. The average molecular weight is 415 g/mol. The average Bonchev–Trinajstić information content (AvgIpc) is 2.48. The van der Waals surface area contributed by atoms with E-state index in [4.69, 9.17) is 0 Å². The van der Waals surface area contributed by atoms with Gasteiger partial charge in [-0.2, -0.15) is 0 Å².